The highest BCUT2D eigenvalue weighted by Crippen LogP contribution is 2.19. The van der Waals surface area contributed by atoms with Crippen molar-refractivity contribution in [3.8, 4) is 0 Å². The minimum atomic E-state index is -0.0854. The van der Waals surface area contributed by atoms with Crippen LogP contribution in [0.3, 0.4) is 0 Å². The smallest absolute Gasteiger partial charge is 0.255 e. The monoisotopic (exact) mass is 358 g/mol. The number of benzene rings is 3. The molecule has 0 aliphatic heterocycles. The Morgan fingerprint density at radius 1 is 0.889 bits per heavy atom. The quantitative estimate of drug-likeness (QED) is 0.591. The fraction of sp³-hybridized carbons (Fsp3) is 0.208. The maximum Gasteiger partial charge on any atom is 0.255 e. The van der Waals surface area contributed by atoms with Crippen molar-refractivity contribution in [1.82, 2.24) is 0 Å². The van der Waals surface area contributed by atoms with Crippen LogP contribution < -0.4 is 10.6 Å². The van der Waals surface area contributed by atoms with E-state index in [2.05, 4.69) is 41.8 Å². The number of hydrogen-bond donors (Lipinski definition) is 2. The molecule has 0 aliphatic carbocycles. The molecule has 0 aliphatic rings. The van der Waals surface area contributed by atoms with Crippen molar-refractivity contribution in [2.45, 2.75) is 33.7 Å². The zero-order valence-electron chi connectivity index (χ0n) is 16.2. The molecule has 0 saturated heterocycles. The van der Waals surface area contributed by atoms with Crippen molar-refractivity contribution in [3.05, 3.63) is 94.5 Å². The lowest BCUT2D eigenvalue weighted by Crippen LogP contribution is -2.13. The van der Waals surface area contributed by atoms with E-state index >= 15 is 0 Å². The molecule has 2 N–H and O–H groups in total. The van der Waals surface area contributed by atoms with Crippen molar-refractivity contribution in [2.75, 3.05) is 10.6 Å². The third-order valence-corrected chi connectivity index (χ3v) is 4.70. The number of aryl methyl sites for hydroxylation is 3. The lowest BCUT2D eigenvalue weighted by atomic mass is 10.1. The van der Waals surface area contributed by atoms with Crippen LogP contribution in [0.1, 0.15) is 39.5 Å². The van der Waals surface area contributed by atoms with Crippen LogP contribution in [-0.2, 0) is 13.0 Å². The predicted molar refractivity (Wildman–Crippen MR) is 113 cm³/mol. The number of carbonyl (C=O) groups excluding carboxylic acids is 1. The van der Waals surface area contributed by atoms with Gasteiger partial charge in [-0.05, 0) is 61.2 Å². The first-order valence-electron chi connectivity index (χ1n) is 9.36. The van der Waals surface area contributed by atoms with E-state index < -0.39 is 0 Å². The van der Waals surface area contributed by atoms with E-state index in [9.17, 15) is 4.79 Å². The summed E-state index contributed by atoms with van der Waals surface area (Å²) >= 11 is 0. The fourth-order valence-electron chi connectivity index (χ4n) is 3.17. The third-order valence-electron chi connectivity index (χ3n) is 4.70. The second kappa shape index (κ2) is 8.54. The number of rotatable bonds is 6. The lowest BCUT2D eigenvalue weighted by Gasteiger charge is -2.12. The molecule has 27 heavy (non-hydrogen) atoms. The van der Waals surface area contributed by atoms with Gasteiger partial charge >= 0.3 is 0 Å². The fourth-order valence-corrected chi connectivity index (χ4v) is 3.17. The van der Waals surface area contributed by atoms with Gasteiger partial charge in [0, 0.05) is 23.5 Å². The van der Waals surface area contributed by atoms with Gasteiger partial charge in [-0.1, -0.05) is 55.0 Å². The molecule has 0 unspecified atom stereocenters. The molecule has 3 aromatic rings. The number of para-hydroxylation sites is 1. The SMILES string of the molecule is CCc1ccccc1NCc1cccc(C(=O)Nc2ccc(C)cc2C)c1. The van der Waals surface area contributed by atoms with Gasteiger partial charge in [0.05, 0.1) is 0 Å². The van der Waals surface area contributed by atoms with Crippen LogP contribution in [-0.4, -0.2) is 5.91 Å². The molecule has 138 valence electrons. The van der Waals surface area contributed by atoms with Crippen LogP contribution in [0.15, 0.2) is 66.7 Å². The average molecular weight is 358 g/mol. The Bertz CT molecular complexity index is 947. The highest BCUT2D eigenvalue weighted by molar-refractivity contribution is 6.04. The van der Waals surface area contributed by atoms with Crippen LogP contribution in [0, 0.1) is 13.8 Å². The molecule has 0 bridgehead atoms. The summed E-state index contributed by atoms with van der Waals surface area (Å²) in [6, 6.07) is 22.1. The predicted octanol–water partition coefficient (Wildman–Crippen LogP) is 5.73. The molecule has 3 rings (SSSR count). The topological polar surface area (TPSA) is 41.1 Å². The van der Waals surface area contributed by atoms with E-state index in [4.69, 9.17) is 0 Å². The highest BCUT2D eigenvalue weighted by Gasteiger charge is 2.09. The summed E-state index contributed by atoms with van der Waals surface area (Å²) < 4.78 is 0. The van der Waals surface area contributed by atoms with Gasteiger partial charge in [0.1, 0.15) is 0 Å². The summed E-state index contributed by atoms with van der Waals surface area (Å²) in [5.41, 5.74) is 7.29. The van der Waals surface area contributed by atoms with Crippen molar-refractivity contribution < 1.29 is 4.79 Å². The Morgan fingerprint density at radius 2 is 1.70 bits per heavy atom. The molecule has 3 aromatic carbocycles. The van der Waals surface area contributed by atoms with Crippen molar-refractivity contribution in [1.29, 1.82) is 0 Å². The first-order chi connectivity index (χ1) is 13.1. The van der Waals surface area contributed by atoms with Crippen LogP contribution in [0.4, 0.5) is 11.4 Å². The zero-order valence-corrected chi connectivity index (χ0v) is 16.2. The molecule has 0 aromatic heterocycles. The van der Waals surface area contributed by atoms with Gasteiger partial charge in [-0.25, -0.2) is 0 Å². The summed E-state index contributed by atoms with van der Waals surface area (Å²) in [5, 5.41) is 6.49. The lowest BCUT2D eigenvalue weighted by molar-refractivity contribution is 0.102. The largest absolute Gasteiger partial charge is 0.381 e. The van der Waals surface area contributed by atoms with Crippen molar-refractivity contribution in [3.63, 3.8) is 0 Å². The summed E-state index contributed by atoms with van der Waals surface area (Å²) in [7, 11) is 0. The van der Waals surface area contributed by atoms with E-state index in [-0.39, 0.29) is 5.91 Å². The van der Waals surface area contributed by atoms with Gasteiger partial charge in [-0.15, -0.1) is 0 Å². The van der Waals surface area contributed by atoms with E-state index in [1.807, 2.05) is 56.3 Å². The second-order valence-corrected chi connectivity index (χ2v) is 6.84. The Kier molecular flexibility index (Phi) is 5.92. The number of hydrogen-bond acceptors (Lipinski definition) is 2. The molecule has 0 atom stereocenters. The molecule has 0 radical (unpaired) electrons. The highest BCUT2D eigenvalue weighted by atomic mass is 16.1. The number of nitrogens with one attached hydrogen (secondary N) is 2. The van der Waals surface area contributed by atoms with Crippen LogP contribution in [0.5, 0.6) is 0 Å². The number of carbonyl (C=O) groups is 1. The van der Waals surface area contributed by atoms with E-state index in [1.54, 1.807) is 0 Å². The molecular formula is C24H26N2O. The van der Waals surface area contributed by atoms with Gasteiger partial charge in [0.25, 0.3) is 5.91 Å². The summed E-state index contributed by atoms with van der Waals surface area (Å²) in [6.07, 6.45) is 0.988. The maximum absolute atomic E-state index is 12.6. The van der Waals surface area contributed by atoms with Gasteiger partial charge in [0.15, 0.2) is 0 Å². The molecule has 0 saturated carbocycles. The van der Waals surface area contributed by atoms with E-state index in [0.717, 1.165) is 28.9 Å². The Hall–Kier alpha value is -3.07. The first-order valence-corrected chi connectivity index (χ1v) is 9.36. The first kappa shape index (κ1) is 18.7. The van der Waals surface area contributed by atoms with Gasteiger partial charge in [-0.3, -0.25) is 4.79 Å². The summed E-state index contributed by atoms with van der Waals surface area (Å²) in [6.45, 7) is 6.89. The molecule has 1 amide bonds. The molecule has 3 nitrogen and oxygen atoms in total. The average Bonchev–Trinajstić information content (AvgIpc) is 2.69. The zero-order chi connectivity index (χ0) is 19.2. The molecular weight excluding hydrogens is 332 g/mol. The van der Waals surface area contributed by atoms with Crippen LogP contribution >= 0.6 is 0 Å². The van der Waals surface area contributed by atoms with Crippen LogP contribution in [0.25, 0.3) is 0 Å². The van der Waals surface area contributed by atoms with Gasteiger partial charge in [-0.2, -0.15) is 0 Å². The van der Waals surface area contributed by atoms with Crippen molar-refractivity contribution in [2.24, 2.45) is 0 Å². The second-order valence-electron chi connectivity index (χ2n) is 6.84. The van der Waals surface area contributed by atoms with E-state index in [0.29, 0.717) is 12.1 Å². The number of anilines is 2. The van der Waals surface area contributed by atoms with Crippen molar-refractivity contribution >= 4 is 17.3 Å². The third kappa shape index (κ3) is 4.76. The Morgan fingerprint density at radius 3 is 2.48 bits per heavy atom. The van der Waals surface area contributed by atoms with Gasteiger partial charge in [0.2, 0.25) is 0 Å². The van der Waals surface area contributed by atoms with E-state index in [1.165, 1.54) is 11.1 Å². The molecule has 0 spiro atoms. The summed E-state index contributed by atoms with van der Waals surface area (Å²) in [4.78, 5) is 12.6. The Balaban J connectivity index is 1.70. The Labute approximate surface area is 161 Å². The molecule has 0 heterocycles. The summed E-state index contributed by atoms with van der Waals surface area (Å²) in [5.74, 6) is -0.0854. The van der Waals surface area contributed by atoms with Gasteiger partial charge < -0.3 is 10.6 Å². The standard InChI is InChI=1S/C24H26N2O/c1-4-20-9-5-6-11-23(20)25-16-19-8-7-10-21(15-19)24(27)26-22-13-12-17(2)14-18(22)3/h5-15,25H,4,16H2,1-3H3,(H,26,27). The normalized spacial score (nSPS) is 10.5. The minimum absolute atomic E-state index is 0.0854. The minimum Gasteiger partial charge on any atom is -0.381 e. The molecule has 3 heteroatoms. The number of amides is 1. The van der Waals surface area contributed by atoms with Crippen LogP contribution in [0.2, 0.25) is 0 Å². The maximum atomic E-state index is 12.6. The molecule has 0 fully saturated rings.